The van der Waals surface area contributed by atoms with E-state index in [9.17, 15) is 30.0 Å². The van der Waals surface area contributed by atoms with E-state index in [0.29, 0.717) is 13.1 Å². The Hall–Kier alpha value is -1.38. The summed E-state index contributed by atoms with van der Waals surface area (Å²) in [5, 5.41) is 63.9. The molecule has 0 unspecified atom stereocenters. The lowest BCUT2D eigenvalue weighted by molar-refractivity contribution is -0.188. The maximum atomic E-state index is 12.0. The fourth-order valence-electron chi connectivity index (χ4n) is 3.18. The molecule has 2 heterocycles. The Morgan fingerprint density at radius 1 is 0.786 bits per heavy atom. The van der Waals surface area contributed by atoms with E-state index in [1.807, 2.05) is 0 Å². The van der Waals surface area contributed by atoms with Crippen molar-refractivity contribution in [2.75, 3.05) is 39.4 Å². The molecule has 0 bridgehead atoms. The first-order valence-corrected chi connectivity index (χ1v) is 9.06. The van der Waals surface area contributed by atoms with Gasteiger partial charge in [0.2, 0.25) is 0 Å². The Bertz CT molecular complexity index is 490. The predicted octanol–water partition coefficient (Wildman–Crippen LogP) is -5.32. The van der Waals surface area contributed by atoms with Crippen molar-refractivity contribution < 1.29 is 49.7 Å². The summed E-state index contributed by atoms with van der Waals surface area (Å²) in [6.45, 7) is 0.0858. The molecule has 8 atom stereocenters. The van der Waals surface area contributed by atoms with Crippen molar-refractivity contribution in [3.63, 3.8) is 0 Å². The number of aliphatic hydroxyl groups excluding tert-OH is 6. The third-order valence-corrected chi connectivity index (χ3v) is 5.02. The number of carbonyl (C=O) groups excluding carboxylic acids is 2. The number of hydrogen-bond acceptors (Lipinski definition) is 12. The van der Waals surface area contributed by atoms with Crippen LogP contribution in [0.2, 0.25) is 0 Å². The highest BCUT2D eigenvalue weighted by atomic mass is 16.6. The number of piperidine rings is 2. The Morgan fingerprint density at radius 2 is 1.14 bits per heavy atom. The van der Waals surface area contributed by atoms with Gasteiger partial charge in [-0.25, -0.2) is 9.59 Å². The molecular weight excluding hydrogens is 380 g/mol. The first kappa shape index (κ1) is 22.9. The third-order valence-electron chi connectivity index (χ3n) is 5.02. The molecular formula is C16H28N2O10. The predicted molar refractivity (Wildman–Crippen MR) is 90.7 cm³/mol. The van der Waals surface area contributed by atoms with E-state index in [2.05, 4.69) is 10.6 Å². The van der Waals surface area contributed by atoms with Gasteiger partial charge < -0.3 is 50.7 Å². The molecule has 0 amide bonds. The molecule has 8 N–H and O–H groups in total. The van der Waals surface area contributed by atoms with Crippen molar-refractivity contribution in [1.82, 2.24) is 10.6 Å². The van der Waals surface area contributed by atoms with Gasteiger partial charge in [-0.05, 0) is 0 Å². The largest absolute Gasteiger partial charge is 0.456 e. The molecule has 162 valence electrons. The summed E-state index contributed by atoms with van der Waals surface area (Å²) < 4.78 is 9.88. The van der Waals surface area contributed by atoms with Crippen LogP contribution in [0.3, 0.4) is 0 Å². The van der Waals surface area contributed by atoms with Crippen LogP contribution in [-0.4, -0.2) is 119 Å². The smallest absolute Gasteiger partial charge is 0.338 e. The van der Waals surface area contributed by atoms with Crippen LogP contribution >= 0.6 is 0 Å². The molecule has 2 aliphatic heterocycles. The van der Waals surface area contributed by atoms with E-state index in [-0.39, 0.29) is 26.3 Å². The molecule has 0 saturated carbocycles. The molecule has 2 rings (SSSR count). The molecule has 12 heteroatoms. The summed E-state index contributed by atoms with van der Waals surface area (Å²) in [6.07, 6.45) is -9.04. The molecule has 2 fully saturated rings. The highest BCUT2D eigenvalue weighted by molar-refractivity contribution is 5.85. The molecule has 0 aromatic carbocycles. The summed E-state index contributed by atoms with van der Waals surface area (Å²) in [6, 6.07) is 0. The number of nitrogens with one attached hydrogen (secondary N) is 2. The monoisotopic (exact) mass is 408 g/mol. The van der Waals surface area contributed by atoms with E-state index >= 15 is 0 Å². The van der Waals surface area contributed by atoms with Crippen LogP contribution < -0.4 is 10.6 Å². The van der Waals surface area contributed by atoms with Gasteiger partial charge in [0.15, 0.2) is 12.2 Å². The average Bonchev–Trinajstić information content (AvgIpc) is 2.69. The van der Waals surface area contributed by atoms with Crippen molar-refractivity contribution in [2.24, 2.45) is 11.8 Å². The lowest BCUT2D eigenvalue weighted by Crippen LogP contribution is -2.56. The van der Waals surface area contributed by atoms with Gasteiger partial charge in [0, 0.05) is 51.2 Å². The lowest BCUT2D eigenvalue weighted by Gasteiger charge is -2.35. The molecule has 0 aromatic rings. The molecule has 12 nitrogen and oxygen atoms in total. The Kier molecular flexibility index (Phi) is 8.52. The summed E-state index contributed by atoms with van der Waals surface area (Å²) in [5.74, 6) is -3.83. The van der Waals surface area contributed by atoms with Crippen LogP contribution in [0.5, 0.6) is 0 Å². The van der Waals surface area contributed by atoms with Gasteiger partial charge in [-0.2, -0.15) is 0 Å². The first-order chi connectivity index (χ1) is 13.3. The van der Waals surface area contributed by atoms with Crippen molar-refractivity contribution in [1.29, 1.82) is 0 Å². The minimum atomic E-state index is -2.27. The molecule has 2 saturated heterocycles. The first-order valence-electron chi connectivity index (χ1n) is 9.06. The summed E-state index contributed by atoms with van der Waals surface area (Å²) in [4.78, 5) is 24.0. The van der Waals surface area contributed by atoms with E-state index in [1.165, 1.54) is 0 Å². The second-order valence-electron chi connectivity index (χ2n) is 7.02. The van der Waals surface area contributed by atoms with Crippen LogP contribution in [0, 0.1) is 11.8 Å². The zero-order valence-electron chi connectivity index (χ0n) is 15.2. The van der Waals surface area contributed by atoms with E-state index in [0.717, 1.165) is 0 Å². The van der Waals surface area contributed by atoms with E-state index in [1.54, 1.807) is 0 Å². The zero-order chi connectivity index (χ0) is 20.8. The average molecular weight is 408 g/mol. The second-order valence-corrected chi connectivity index (χ2v) is 7.02. The van der Waals surface area contributed by atoms with Crippen LogP contribution in [-0.2, 0) is 19.1 Å². The van der Waals surface area contributed by atoms with Gasteiger partial charge in [-0.1, -0.05) is 0 Å². The van der Waals surface area contributed by atoms with Crippen molar-refractivity contribution in [3.8, 4) is 0 Å². The van der Waals surface area contributed by atoms with Gasteiger partial charge in [-0.15, -0.1) is 0 Å². The number of carbonyl (C=O) groups is 2. The quantitative estimate of drug-likeness (QED) is 0.186. The number of ether oxygens (including phenoxy) is 2. The normalized spacial score (nSPS) is 35.6. The van der Waals surface area contributed by atoms with Gasteiger partial charge in [0.1, 0.15) is 12.2 Å². The van der Waals surface area contributed by atoms with Crippen LogP contribution in [0.4, 0.5) is 0 Å². The van der Waals surface area contributed by atoms with Crippen LogP contribution in [0.15, 0.2) is 0 Å². The van der Waals surface area contributed by atoms with Gasteiger partial charge in [0.05, 0.1) is 12.2 Å². The number of rotatable bonds is 7. The standard InChI is InChI=1S/C16H28N2O10/c19-5-7-1-17-3-9(11(7)21)27-15(25)13(23)14(24)16(26)28-10-4-18-2-8(6-20)12(10)22/h7-14,17-24H,1-6H2/t7-,8-,9-,10-,11-,12-,13+,14+/m1/s1. The van der Waals surface area contributed by atoms with E-state index in [4.69, 9.17) is 19.7 Å². The number of hydrogen-bond donors (Lipinski definition) is 8. The van der Waals surface area contributed by atoms with Gasteiger partial charge in [0.25, 0.3) is 0 Å². The molecule has 0 spiro atoms. The summed E-state index contributed by atoms with van der Waals surface area (Å²) in [5.41, 5.74) is 0. The zero-order valence-corrected chi connectivity index (χ0v) is 15.2. The van der Waals surface area contributed by atoms with Crippen LogP contribution in [0.1, 0.15) is 0 Å². The molecule has 0 radical (unpaired) electrons. The summed E-state index contributed by atoms with van der Waals surface area (Å²) in [7, 11) is 0. The van der Waals surface area contributed by atoms with E-state index < -0.39 is 60.4 Å². The van der Waals surface area contributed by atoms with Gasteiger partial charge in [-0.3, -0.25) is 0 Å². The molecule has 0 aromatic heterocycles. The molecule has 0 aliphatic carbocycles. The van der Waals surface area contributed by atoms with Crippen LogP contribution in [0.25, 0.3) is 0 Å². The fraction of sp³-hybridized carbons (Fsp3) is 0.875. The maximum absolute atomic E-state index is 12.0. The molecule has 28 heavy (non-hydrogen) atoms. The highest BCUT2D eigenvalue weighted by Gasteiger charge is 2.41. The number of aliphatic hydroxyl groups is 6. The molecule has 2 aliphatic rings. The van der Waals surface area contributed by atoms with Gasteiger partial charge >= 0.3 is 11.9 Å². The maximum Gasteiger partial charge on any atom is 0.338 e. The highest BCUT2D eigenvalue weighted by Crippen LogP contribution is 2.17. The van der Waals surface area contributed by atoms with Crippen molar-refractivity contribution in [2.45, 2.75) is 36.6 Å². The minimum Gasteiger partial charge on any atom is -0.456 e. The fourth-order valence-corrected chi connectivity index (χ4v) is 3.18. The SMILES string of the molecule is O=C(O[C@@H]1CNC[C@H](CO)[C@H]1O)[C@@H](O)[C@H](O)C(=O)O[C@@H]1CNC[C@H](CO)[C@H]1O. The summed E-state index contributed by atoms with van der Waals surface area (Å²) >= 11 is 0. The third kappa shape index (κ3) is 5.36. The number of esters is 2. The second kappa shape index (κ2) is 10.4. The topological polar surface area (TPSA) is 198 Å². The Labute approximate surface area is 161 Å². The van der Waals surface area contributed by atoms with Crippen molar-refractivity contribution >= 4 is 11.9 Å². The lowest BCUT2D eigenvalue weighted by atomic mass is 9.94. The van der Waals surface area contributed by atoms with Crippen molar-refractivity contribution in [3.05, 3.63) is 0 Å². The Morgan fingerprint density at radius 3 is 1.46 bits per heavy atom. The minimum absolute atomic E-state index is 0.0686. The Balaban J connectivity index is 1.89.